The van der Waals surface area contributed by atoms with Gasteiger partial charge in [-0.25, -0.2) is 0 Å². The van der Waals surface area contributed by atoms with Gasteiger partial charge in [-0.3, -0.25) is 0 Å². The summed E-state index contributed by atoms with van der Waals surface area (Å²) in [7, 11) is 1.61. The molecule has 3 nitrogen and oxygen atoms in total. The Hall–Kier alpha value is -1.42. The van der Waals surface area contributed by atoms with Crippen LogP contribution < -0.4 is 14.8 Å². The van der Waals surface area contributed by atoms with E-state index in [0.717, 1.165) is 24.1 Å². The lowest BCUT2D eigenvalue weighted by Gasteiger charge is -2.16. The summed E-state index contributed by atoms with van der Waals surface area (Å²) in [5, 5.41) is 4.64. The number of rotatable bonds is 8. The van der Waals surface area contributed by atoms with Crippen molar-refractivity contribution in [2.75, 3.05) is 7.11 Å². The first kappa shape index (κ1) is 18.9. The zero-order chi connectivity index (χ0) is 17.5. The van der Waals surface area contributed by atoms with Crippen LogP contribution in [-0.2, 0) is 13.2 Å². The van der Waals surface area contributed by atoms with E-state index in [1.165, 1.54) is 0 Å². The molecule has 0 aliphatic heterocycles. The van der Waals surface area contributed by atoms with Crippen molar-refractivity contribution >= 4 is 23.2 Å². The highest BCUT2D eigenvalue weighted by molar-refractivity contribution is 6.32. The third-order valence-electron chi connectivity index (χ3n) is 3.89. The molecule has 1 atom stereocenters. The van der Waals surface area contributed by atoms with Crippen LogP contribution in [0, 0.1) is 0 Å². The number of halogens is 2. The number of methoxy groups -OCH3 is 1. The first-order chi connectivity index (χ1) is 11.5. The lowest BCUT2D eigenvalue weighted by atomic mass is 10.1. The van der Waals surface area contributed by atoms with E-state index in [1.807, 2.05) is 36.4 Å². The van der Waals surface area contributed by atoms with Crippen molar-refractivity contribution in [1.29, 1.82) is 0 Å². The lowest BCUT2D eigenvalue weighted by Crippen LogP contribution is -2.24. The van der Waals surface area contributed by atoms with Crippen LogP contribution in [0.2, 0.25) is 10.0 Å². The van der Waals surface area contributed by atoms with Gasteiger partial charge in [0.15, 0.2) is 11.5 Å². The molecule has 0 heterocycles. The zero-order valence-electron chi connectivity index (χ0n) is 14.2. The fraction of sp³-hybridized carbons (Fsp3) is 0.368. The highest BCUT2D eigenvalue weighted by atomic mass is 35.5. The number of hydrogen-bond donors (Lipinski definition) is 1. The maximum absolute atomic E-state index is 6.40. The van der Waals surface area contributed by atoms with Crippen LogP contribution in [0.15, 0.2) is 36.4 Å². The molecule has 0 saturated carbocycles. The molecule has 1 N–H and O–H groups in total. The maximum Gasteiger partial charge on any atom is 0.180 e. The SMILES string of the molecule is CC[C@@H](C)NCc1cc(Cl)c(OCc2ccccc2Cl)c(OC)c1. The average Bonchev–Trinajstić information content (AvgIpc) is 2.59. The van der Waals surface area contributed by atoms with Gasteiger partial charge in [-0.05, 0) is 37.1 Å². The molecule has 0 fully saturated rings. The third kappa shape index (κ3) is 5.04. The van der Waals surface area contributed by atoms with E-state index in [4.69, 9.17) is 32.7 Å². The van der Waals surface area contributed by atoms with Crippen molar-refractivity contribution in [1.82, 2.24) is 5.32 Å². The maximum atomic E-state index is 6.40. The third-order valence-corrected chi connectivity index (χ3v) is 4.54. The molecule has 5 heteroatoms. The van der Waals surface area contributed by atoms with E-state index in [1.54, 1.807) is 7.11 Å². The van der Waals surface area contributed by atoms with Gasteiger partial charge in [0.2, 0.25) is 0 Å². The highest BCUT2D eigenvalue weighted by Gasteiger charge is 2.13. The fourth-order valence-corrected chi connectivity index (χ4v) is 2.70. The molecule has 0 bridgehead atoms. The van der Waals surface area contributed by atoms with Gasteiger partial charge >= 0.3 is 0 Å². The van der Waals surface area contributed by atoms with Crippen LogP contribution >= 0.6 is 23.2 Å². The molecular weight excluding hydrogens is 345 g/mol. The smallest absolute Gasteiger partial charge is 0.180 e. The normalized spacial score (nSPS) is 12.0. The Balaban J connectivity index is 2.13. The summed E-state index contributed by atoms with van der Waals surface area (Å²) in [5.74, 6) is 1.15. The summed E-state index contributed by atoms with van der Waals surface area (Å²) in [6.45, 7) is 5.37. The molecule has 0 aliphatic carbocycles. The number of benzene rings is 2. The summed E-state index contributed by atoms with van der Waals surface area (Å²) in [6, 6.07) is 11.9. The Morgan fingerprint density at radius 3 is 2.54 bits per heavy atom. The summed E-state index contributed by atoms with van der Waals surface area (Å²) >= 11 is 12.6. The average molecular weight is 368 g/mol. The standard InChI is InChI=1S/C19H23Cl2NO2/c1-4-13(2)22-11-14-9-17(21)19(18(10-14)23-3)24-12-15-7-5-6-8-16(15)20/h5-10,13,22H,4,11-12H2,1-3H3/t13-/m1/s1. The fourth-order valence-electron chi connectivity index (χ4n) is 2.22. The summed E-state index contributed by atoms with van der Waals surface area (Å²) in [5.41, 5.74) is 1.96. The number of ether oxygens (including phenoxy) is 2. The van der Waals surface area contributed by atoms with Gasteiger partial charge in [-0.1, -0.05) is 48.3 Å². The lowest BCUT2D eigenvalue weighted by molar-refractivity contribution is 0.284. The molecular formula is C19H23Cl2NO2. The Kier molecular flexibility index (Phi) is 7.22. The minimum Gasteiger partial charge on any atom is -0.493 e. The van der Waals surface area contributed by atoms with Crippen molar-refractivity contribution in [3.05, 3.63) is 57.6 Å². The summed E-state index contributed by atoms with van der Waals surface area (Å²) < 4.78 is 11.3. The van der Waals surface area contributed by atoms with Gasteiger partial charge in [0.05, 0.1) is 12.1 Å². The zero-order valence-corrected chi connectivity index (χ0v) is 15.7. The predicted octanol–water partition coefficient (Wildman–Crippen LogP) is 5.47. The van der Waals surface area contributed by atoms with Crippen molar-refractivity contribution in [2.45, 2.75) is 39.5 Å². The van der Waals surface area contributed by atoms with E-state index in [2.05, 4.69) is 19.2 Å². The van der Waals surface area contributed by atoms with Crippen molar-refractivity contribution in [2.24, 2.45) is 0 Å². The monoisotopic (exact) mass is 367 g/mol. The van der Waals surface area contributed by atoms with Crippen LogP contribution in [0.5, 0.6) is 11.5 Å². The summed E-state index contributed by atoms with van der Waals surface area (Å²) in [6.07, 6.45) is 1.07. The van der Waals surface area contributed by atoms with E-state index < -0.39 is 0 Å². The quantitative estimate of drug-likeness (QED) is 0.670. The molecule has 2 aromatic rings. The van der Waals surface area contributed by atoms with Crippen LogP contribution in [0.25, 0.3) is 0 Å². The number of nitrogens with one attached hydrogen (secondary N) is 1. The molecule has 0 radical (unpaired) electrons. The molecule has 0 unspecified atom stereocenters. The van der Waals surface area contributed by atoms with Crippen molar-refractivity contribution in [3.8, 4) is 11.5 Å². The number of hydrogen-bond acceptors (Lipinski definition) is 3. The van der Waals surface area contributed by atoms with Gasteiger partial charge in [-0.15, -0.1) is 0 Å². The van der Waals surface area contributed by atoms with Gasteiger partial charge < -0.3 is 14.8 Å². The molecule has 2 rings (SSSR count). The van der Waals surface area contributed by atoms with Gasteiger partial charge in [0.1, 0.15) is 6.61 Å². The highest BCUT2D eigenvalue weighted by Crippen LogP contribution is 2.37. The Labute approximate surface area is 153 Å². The molecule has 0 aromatic heterocycles. The minimum absolute atomic E-state index is 0.334. The first-order valence-corrected chi connectivity index (χ1v) is 8.76. The van der Waals surface area contributed by atoms with Crippen LogP contribution in [-0.4, -0.2) is 13.2 Å². The van der Waals surface area contributed by atoms with Crippen LogP contribution in [0.3, 0.4) is 0 Å². The molecule has 24 heavy (non-hydrogen) atoms. The second kappa shape index (κ2) is 9.16. The summed E-state index contributed by atoms with van der Waals surface area (Å²) in [4.78, 5) is 0. The first-order valence-electron chi connectivity index (χ1n) is 8.01. The van der Waals surface area contributed by atoms with E-state index >= 15 is 0 Å². The largest absolute Gasteiger partial charge is 0.493 e. The topological polar surface area (TPSA) is 30.5 Å². The van der Waals surface area contributed by atoms with Gasteiger partial charge in [0, 0.05) is 23.2 Å². The molecule has 0 spiro atoms. The second-order valence-electron chi connectivity index (χ2n) is 5.68. The predicted molar refractivity (Wildman–Crippen MR) is 100 cm³/mol. The Morgan fingerprint density at radius 2 is 1.88 bits per heavy atom. The van der Waals surface area contributed by atoms with Crippen LogP contribution in [0.1, 0.15) is 31.4 Å². The molecule has 0 amide bonds. The van der Waals surface area contributed by atoms with Crippen molar-refractivity contribution < 1.29 is 9.47 Å². The van der Waals surface area contributed by atoms with Gasteiger partial charge in [-0.2, -0.15) is 0 Å². The Morgan fingerprint density at radius 1 is 1.12 bits per heavy atom. The van der Waals surface area contributed by atoms with E-state index in [-0.39, 0.29) is 0 Å². The van der Waals surface area contributed by atoms with Crippen molar-refractivity contribution in [3.63, 3.8) is 0 Å². The molecule has 0 saturated heterocycles. The second-order valence-corrected chi connectivity index (χ2v) is 6.49. The van der Waals surface area contributed by atoms with E-state index in [0.29, 0.717) is 34.2 Å². The van der Waals surface area contributed by atoms with Gasteiger partial charge in [0.25, 0.3) is 0 Å². The molecule has 0 aliphatic rings. The van der Waals surface area contributed by atoms with Crippen LogP contribution in [0.4, 0.5) is 0 Å². The molecule has 2 aromatic carbocycles. The molecule has 130 valence electrons. The Bertz CT molecular complexity index is 676. The van der Waals surface area contributed by atoms with E-state index in [9.17, 15) is 0 Å². The minimum atomic E-state index is 0.334.